The molecule has 2 unspecified atom stereocenters. The molecule has 1 heterocycles. The molecule has 0 spiro atoms. The summed E-state index contributed by atoms with van der Waals surface area (Å²) in [4.78, 5) is 21.9. The first-order valence-electron chi connectivity index (χ1n) is 4.51. The molecule has 2 atom stereocenters. The van der Waals surface area contributed by atoms with Crippen LogP contribution in [-0.4, -0.2) is 23.7 Å². The van der Waals surface area contributed by atoms with E-state index in [1.54, 1.807) is 5.32 Å². The third-order valence-electron chi connectivity index (χ3n) is 2.43. The molecule has 3 nitrogen and oxygen atoms in total. The van der Waals surface area contributed by atoms with E-state index in [2.05, 4.69) is 0 Å². The van der Waals surface area contributed by atoms with Gasteiger partial charge in [0, 0.05) is 6.08 Å². The molecular formula is C10H5F4NO2. The molecule has 0 aromatic carbocycles. The fourth-order valence-corrected chi connectivity index (χ4v) is 1.59. The number of carbonyl (C=O) groups is 2. The summed E-state index contributed by atoms with van der Waals surface area (Å²) < 4.78 is 53.1. The van der Waals surface area contributed by atoms with E-state index in [1.165, 1.54) is 0 Å². The highest BCUT2D eigenvalue weighted by molar-refractivity contribution is 6.17. The van der Waals surface area contributed by atoms with Gasteiger partial charge in [-0.2, -0.15) is 0 Å². The van der Waals surface area contributed by atoms with Crippen molar-refractivity contribution >= 4 is 11.8 Å². The van der Waals surface area contributed by atoms with Crippen LogP contribution in [0, 0.1) is 0 Å². The Hall–Kier alpha value is -1.92. The molecule has 0 aromatic heterocycles. The molecule has 1 N–H and O–H groups in total. The van der Waals surface area contributed by atoms with Crippen molar-refractivity contribution in [3.05, 3.63) is 35.5 Å². The Balaban J connectivity index is 2.48. The Bertz CT molecular complexity index is 508. The minimum Gasteiger partial charge on any atom is -0.289 e. The van der Waals surface area contributed by atoms with Gasteiger partial charge in [-0.1, -0.05) is 0 Å². The zero-order valence-corrected chi connectivity index (χ0v) is 8.14. The highest BCUT2D eigenvalue weighted by Gasteiger charge is 2.49. The first-order chi connectivity index (χ1) is 7.84. The molecule has 0 aromatic rings. The number of hydrogen-bond donors (Lipinski definition) is 1. The number of imide groups is 1. The van der Waals surface area contributed by atoms with Gasteiger partial charge in [-0.3, -0.25) is 14.9 Å². The molecule has 17 heavy (non-hydrogen) atoms. The van der Waals surface area contributed by atoms with Crippen LogP contribution in [0.2, 0.25) is 0 Å². The number of hydrogen-bond acceptors (Lipinski definition) is 2. The van der Waals surface area contributed by atoms with Crippen molar-refractivity contribution in [3.63, 3.8) is 0 Å². The number of halogens is 4. The van der Waals surface area contributed by atoms with E-state index in [-0.39, 0.29) is 12.2 Å². The lowest BCUT2D eigenvalue weighted by Gasteiger charge is -2.26. The minimum absolute atomic E-state index is 0.0109. The van der Waals surface area contributed by atoms with E-state index in [1.807, 2.05) is 0 Å². The Morgan fingerprint density at radius 3 is 2.41 bits per heavy atom. The number of rotatable bonds is 1. The molecule has 2 amide bonds. The van der Waals surface area contributed by atoms with Crippen molar-refractivity contribution in [3.8, 4) is 0 Å². The van der Waals surface area contributed by atoms with Crippen molar-refractivity contribution in [1.82, 2.24) is 5.32 Å². The van der Waals surface area contributed by atoms with Crippen LogP contribution in [0.3, 0.4) is 0 Å². The average molecular weight is 247 g/mol. The predicted octanol–water partition coefficient (Wildman–Crippen LogP) is 1.34. The quantitative estimate of drug-likeness (QED) is 0.561. The summed E-state index contributed by atoms with van der Waals surface area (Å²) in [6, 6.07) is 0. The molecule has 0 bridgehead atoms. The standard InChI is InChI=1S/C10H5F4NO2/c11-5-2-7(13)10(14,3-6(5)12)4-1-8(16)15-9(4)17/h1-3,7H,(H,15,16,17). The van der Waals surface area contributed by atoms with E-state index in [9.17, 15) is 27.2 Å². The van der Waals surface area contributed by atoms with Gasteiger partial charge < -0.3 is 0 Å². The molecule has 1 aliphatic heterocycles. The second kappa shape index (κ2) is 3.54. The van der Waals surface area contributed by atoms with E-state index >= 15 is 0 Å². The summed E-state index contributed by atoms with van der Waals surface area (Å²) in [5, 5.41) is 1.69. The summed E-state index contributed by atoms with van der Waals surface area (Å²) in [5.41, 5.74) is -4.05. The molecule has 2 rings (SSSR count). The van der Waals surface area contributed by atoms with Gasteiger partial charge in [-0.05, 0) is 12.2 Å². The summed E-state index contributed by atoms with van der Waals surface area (Å²) in [5.74, 6) is -5.26. The monoisotopic (exact) mass is 247 g/mol. The van der Waals surface area contributed by atoms with Crippen LogP contribution < -0.4 is 5.32 Å². The SMILES string of the molecule is O=C1C=C(C2(F)C=C(F)C(F)=CC2F)C(=O)N1. The topological polar surface area (TPSA) is 46.2 Å². The van der Waals surface area contributed by atoms with E-state index < -0.39 is 40.9 Å². The molecule has 2 aliphatic rings. The van der Waals surface area contributed by atoms with Crippen molar-refractivity contribution < 1.29 is 27.2 Å². The summed E-state index contributed by atoms with van der Waals surface area (Å²) >= 11 is 0. The molecule has 0 radical (unpaired) electrons. The molecule has 90 valence electrons. The van der Waals surface area contributed by atoms with Gasteiger partial charge >= 0.3 is 0 Å². The van der Waals surface area contributed by atoms with Crippen molar-refractivity contribution in [2.45, 2.75) is 11.8 Å². The smallest absolute Gasteiger partial charge is 0.257 e. The van der Waals surface area contributed by atoms with Crippen LogP contribution >= 0.6 is 0 Å². The Morgan fingerprint density at radius 1 is 1.24 bits per heavy atom. The summed E-state index contributed by atoms with van der Waals surface area (Å²) in [6.45, 7) is 0. The van der Waals surface area contributed by atoms with Crippen molar-refractivity contribution in [1.29, 1.82) is 0 Å². The summed E-state index contributed by atoms with van der Waals surface area (Å²) in [6.07, 6.45) is -1.97. The number of allylic oxidation sites excluding steroid dienone is 4. The van der Waals surface area contributed by atoms with Crippen LogP contribution in [0.25, 0.3) is 0 Å². The maximum Gasteiger partial charge on any atom is 0.257 e. The van der Waals surface area contributed by atoms with Crippen LogP contribution in [0.5, 0.6) is 0 Å². The maximum atomic E-state index is 14.1. The number of nitrogens with one attached hydrogen (secondary N) is 1. The third-order valence-corrected chi connectivity index (χ3v) is 2.43. The highest BCUT2D eigenvalue weighted by Crippen LogP contribution is 2.39. The van der Waals surface area contributed by atoms with Crippen LogP contribution in [0.15, 0.2) is 35.5 Å². The fraction of sp³-hybridized carbons (Fsp3) is 0.200. The normalized spacial score (nSPS) is 32.9. The van der Waals surface area contributed by atoms with Gasteiger partial charge in [-0.25, -0.2) is 17.6 Å². The Morgan fingerprint density at radius 2 is 1.88 bits per heavy atom. The lowest BCUT2D eigenvalue weighted by molar-refractivity contribution is -0.124. The van der Waals surface area contributed by atoms with Crippen molar-refractivity contribution in [2.24, 2.45) is 0 Å². The van der Waals surface area contributed by atoms with Gasteiger partial charge in [0.2, 0.25) is 0 Å². The lowest BCUT2D eigenvalue weighted by Crippen LogP contribution is -2.40. The van der Waals surface area contributed by atoms with Crippen LogP contribution in [0.4, 0.5) is 17.6 Å². The lowest BCUT2D eigenvalue weighted by atomic mass is 9.86. The molecule has 0 fully saturated rings. The second-order valence-electron chi connectivity index (χ2n) is 3.55. The second-order valence-corrected chi connectivity index (χ2v) is 3.55. The first-order valence-corrected chi connectivity index (χ1v) is 4.51. The molecular weight excluding hydrogens is 242 g/mol. The average Bonchev–Trinajstić information content (AvgIpc) is 2.56. The van der Waals surface area contributed by atoms with E-state index in [0.29, 0.717) is 6.08 Å². The van der Waals surface area contributed by atoms with Crippen molar-refractivity contribution in [2.75, 3.05) is 0 Å². The zero-order valence-electron chi connectivity index (χ0n) is 8.14. The predicted molar refractivity (Wildman–Crippen MR) is 48.3 cm³/mol. The van der Waals surface area contributed by atoms with Crippen LogP contribution in [0.1, 0.15) is 0 Å². The minimum atomic E-state index is -3.17. The van der Waals surface area contributed by atoms with Gasteiger partial charge in [0.1, 0.15) is 0 Å². The highest BCUT2D eigenvalue weighted by atomic mass is 19.2. The van der Waals surface area contributed by atoms with Gasteiger partial charge in [0.25, 0.3) is 11.8 Å². The molecule has 0 saturated carbocycles. The third kappa shape index (κ3) is 1.67. The van der Waals surface area contributed by atoms with E-state index in [0.717, 1.165) is 0 Å². The van der Waals surface area contributed by atoms with Gasteiger partial charge in [-0.15, -0.1) is 0 Å². The molecule has 1 aliphatic carbocycles. The zero-order chi connectivity index (χ0) is 12.8. The largest absolute Gasteiger partial charge is 0.289 e. The first kappa shape index (κ1) is 11.6. The number of amides is 2. The van der Waals surface area contributed by atoms with Gasteiger partial charge in [0.05, 0.1) is 5.57 Å². The van der Waals surface area contributed by atoms with Gasteiger partial charge in [0.15, 0.2) is 23.5 Å². The van der Waals surface area contributed by atoms with E-state index in [4.69, 9.17) is 0 Å². The molecule has 7 heteroatoms. The maximum absolute atomic E-state index is 14.1. The van der Waals surface area contributed by atoms with Crippen LogP contribution in [-0.2, 0) is 9.59 Å². The fourth-order valence-electron chi connectivity index (χ4n) is 1.59. The Kier molecular flexibility index (Phi) is 2.41. The number of alkyl halides is 2. The Labute approximate surface area is 92.5 Å². The number of carbonyl (C=O) groups excluding carboxylic acids is 2. The molecule has 0 saturated heterocycles. The summed E-state index contributed by atoms with van der Waals surface area (Å²) in [7, 11) is 0.